The van der Waals surface area contributed by atoms with Crippen LogP contribution in [0.3, 0.4) is 0 Å². The summed E-state index contributed by atoms with van der Waals surface area (Å²) in [6, 6.07) is 23.8. The molecule has 0 atom stereocenters. The predicted octanol–water partition coefficient (Wildman–Crippen LogP) is 6.09. The number of hydrogen-bond acceptors (Lipinski definition) is 7. The van der Waals surface area contributed by atoms with Gasteiger partial charge in [0.15, 0.2) is 22.5 Å². The molecule has 4 aromatic rings. The van der Waals surface area contributed by atoms with Crippen LogP contribution in [-0.2, 0) is 23.4 Å². The van der Waals surface area contributed by atoms with Crippen molar-refractivity contribution < 1.29 is 14.3 Å². The second kappa shape index (κ2) is 13.3. The van der Waals surface area contributed by atoms with Gasteiger partial charge in [0.1, 0.15) is 6.61 Å². The normalized spacial score (nSPS) is 11.5. The number of hydrogen-bond donors (Lipinski definition) is 1. The van der Waals surface area contributed by atoms with Gasteiger partial charge in [0.05, 0.1) is 19.1 Å². The van der Waals surface area contributed by atoms with Gasteiger partial charge in [0.2, 0.25) is 0 Å². The summed E-state index contributed by atoms with van der Waals surface area (Å²) in [6.45, 7) is 9.72. The Morgan fingerprint density at radius 2 is 1.77 bits per heavy atom. The highest BCUT2D eigenvalue weighted by molar-refractivity contribution is 7.99. The largest absolute Gasteiger partial charge is 0.493 e. The Morgan fingerprint density at radius 1 is 1.02 bits per heavy atom. The van der Waals surface area contributed by atoms with Crippen LogP contribution in [0, 0.1) is 0 Å². The zero-order chi connectivity index (χ0) is 28.5. The fourth-order valence-corrected chi connectivity index (χ4v) is 4.77. The molecule has 1 heterocycles. The third-order valence-electron chi connectivity index (χ3n) is 6.20. The van der Waals surface area contributed by atoms with E-state index >= 15 is 0 Å². The van der Waals surface area contributed by atoms with Gasteiger partial charge in [0.25, 0.3) is 5.91 Å². The van der Waals surface area contributed by atoms with Gasteiger partial charge in [-0.2, -0.15) is 5.10 Å². The van der Waals surface area contributed by atoms with Crippen LogP contribution >= 0.6 is 11.8 Å². The van der Waals surface area contributed by atoms with Crippen molar-refractivity contribution in [2.75, 3.05) is 12.9 Å². The maximum absolute atomic E-state index is 12.5. The Bertz CT molecular complexity index is 1440. The average molecular weight is 558 g/mol. The molecular weight excluding hydrogens is 522 g/mol. The maximum atomic E-state index is 12.5. The summed E-state index contributed by atoms with van der Waals surface area (Å²) in [5.74, 6) is 1.93. The molecule has 0 radical (unpaired) electrons. The van der Waals surface area contributed by atoms with Gasteiger partial charge in [-0.3, -0.25) is 4.79 Å². The van der Waals surface area contributed by atoms with Crippen molar-refractivity contribution in [2.24, 2.45) is 5.10 Å². The van der Waals surface area contributed by atoms with E-state index in [-0.39, 0.29) is 17.1 Å². The van der Waals surface area contributed by atoms with Crippen molar-refractivity contribution >= 4 is 23.9 Å². The summed E-state index contributed by atoms with van der Waals surface area (Å²) in [4.78, 5) is 12.5. The summed E-state index contributed by atoms with van der Waals surface area (Å²) in [7, 11) is 1.60. The second-order valence-corrected chi connectivity index (χ2v) is 11.1. The van der Waals surface area contributed by atoms with Crippen LogP contribution in [0.15, 0.2) is 83.1 Å². The Balaban J connectivity index is 1.34. The number of hydrazone groups is 1. The van der Waals surface area contributed by atoms with Crippen molar-refractivity contribution in [2.45, 2.75) is 51.4 Å². The molecule has 1 aromatic heterocycles. The first-order valence-electron chi connectivity index (χ1n) is 13.1. The van der Waals surface area contributed by atoms with E-state index in [0.29, 0.717) is 29.8 Å². The molecule has 208 valence electrons. The van der Waals surface area contributed by atoms with Crippen LogP contribution in [0.5, 0.6) is 11.5 Å². The number of aromatic nitrogens is 3. The van der Waals surface area contributed by atoms with Crippen molar-refractivity contribution in [1.82, 2.24) is 20.2 Å². The summed E-state index contributed by atoms with van der Waals surface area (Å²) in [5.41, 5.74) is 6.74. The molecule has 4 rings (SSSR count). The molecule has 1 N–H and O–H groups in total. The van der Waals surface area contributed by atoms with Crippen LogP contribution in [0.1, 0.15) is 44.4 Å². The lowest BCUT2D eigenvalue weighted by Gasteiger charge is -2.19. The molecule has 40 heavy (non-hydrogen) atoms. The van der Waals surface area contributed by atoms with Gasteiger partial charge in [-0.15, -0.1) is 10.2 Å². The van der Waals surface area contributed by atoms with Crippen LogP contribution in [0.2, 0.25) is 0 Å². The number of ether oxygens (including phenoxy) is 2. The quantitative estimate of drug-likeness (QED) is 0.136. The van der Waals surface area contributed by atoms with Crippen LogP contribution < -0.4 is 14.9 Å². The van der Waals surface area contributed by atoms with Gasteiger partial charge in [-0.05, 0) is 47.2 Å². The Kier molecular flexibility index (Phi) is 9.60. The Morgan fingerprint density at radius 3 is 2.45 bits per heavy atom. The molecule has 0 aliphatic rings. The summed E-state index contributed by atoms with van der Waals surface area (Å²) in [6.07, 6.45) is 1.57. The zero-order valence-corrected chi connectivity index (χ0v) is 24.4. The number of methoxy groups -OCH3 is 1. The van der Waals surface area contributed by atoms with Gasteiger partial charge in [0, 0.05) is 12.1 Å². The minimum atomic E-state index is -0.239. The first-order valence-corrected chi connectivity index (χ1v) is 14.1. The molecule has 0 bridgehead atoms. The standard InChI is InChI=1S/C31H35N5O3S/c1-6-36-29(24-13-15-25(16-14-24)31(2,3)4)34-35-30(36)40-21-28(37)33-32-19-23-12-17-26(38-5)27(18-23)39-20-22-10-8-7-9-11-22/h7-19H,6,20-21H2,1-5H3,(H,33,37)/b32-19-. The highest BCUT2D eigenvalue weighted by Crippen LogP contribution is 2.29. The molecule has 0 aliphatic carbocycles. The van der Waals surface area contributed by atoms with E-state index < -0.39 is 0 Å². The Hall–Kier alpha value is -4.11. The lowest BCUT2D eigenvalue weighted by atomic mass is 9.87. The lowest BCUT2D eigenvalue weighted by molar-refractivity contribution is -0.118. The molecule has 8 nitrogen and oxygen atoms in total. The molecule has 0 aliphatic heterocycles. The number of nitrogens with zero attached hydrogens (tertiary/aromatic N) is 4. The summed E-state index contributed by atoms with van der Waals surface area (Å²) < 4.78 is 13.4. The minimum Gasteiger partial charge on any atom is -0.493 e. The number of nitrogens with one attached hydrogen (secondary N) is 1. The first kappa shape index (κ1) is 28.9. The van der Waals surface area contributed by atoms with Crippen molar-refractivity contribution in [1.29, 1.82) is 0 Å². The number of rotatable bonds is 11. The smallest absolute Gasteiger partial charge is 0.250 e. The van der Waals surface area contributed by atoms with E-state index in [4.69, 9.17) is 9.47 Å². The maximum Gasteiger partial charge on any atom is 0.250 e. The molecule has 0 spiro atoms. The highest BCUT2D eigenvalue weighted by Gasteiger charge is 2.17. The number of benzene rings is 3. The number of amides is 1. The second-order valence-electron chi connectivity index (χ2n) is 10.1. The number of carbonyl (C=O) groups excluding carboxylic acids is 1. The molecule has 0 fully saturated rings. The molecule has 0 saturated heterocycles. The van der Waals surface area contributed by atoms with Crippen LogP contribution in [0.25, 0.3) is 11.4 Å². The summed E-state index contributed by atoms with van der Waals surface area (Å²) >= 11 is 1.33. The van der Waals surface area contributed by atoms with Crippen LogP contribution in [0.4, 0.5) is 0 Å². The zero-order valence-electron chi connectivity index (χ0n) is 23.5. The number of thioether (sulfide) groups is 1. The fraction of sp³-hybridized carbons (Fsp3) is 0.290. The predicted molar refractivity (Wildman–Crippen MR) is 160 cm³/mol. The molecule has 3 aromatic carbocycles. The van der Waals surface area contributed by atoms with Gasteiger partial charge in [-0.25, -0.2) is 5.43 Å². The minimum absolute atomic E-state index is 0.0830. The van der Waals surface area contributed by atoms with E-state index in [9.17, 15) is 4.79 Å². The average Bonchev–Trinajstić information content (AvgIpc) is 3.38. The highest BCUT2D eigenvalue weighted by atomic mass is 32.2. The third-order valence-corrected chi connectivity index (χ3v) is 7.17. The molecule has 1 amide bonds. The molecule has 9 heteroatoms. The lowest BCUT2D eigenvalue weighted by Crippen LogP contribution is -2.20. The Labute approximate surface area is 239 Å². The van der Waals surface area contributed by atoms with Crippen molar-refractivity contribution in [3.63, 3.8) is 0 Å². The van der Waals surface area contributed by atoms with E-state index in [1.54, 1.807) is 13.3 Å². The van der Waals surface area contributed by atoms with Gasteiger partial charge >= 0.3 is 0 Å². The van der Waals surface area contributed by atoms with Crippen molar-refractivity contribution in [3.8, 4) is 22.9 Å². The molecular formula is C31H35N5O3S. The summed E-state index contributed by atoms with van der Waals surface area (Å²) in [5, 5.41) is 13.5. The SMILES string of the molecule is CCn1c(SCC(=O)N/N=C\c2ccc(OC)c(OCc3ccccc3)c2)nnc1-c1ccc(C(C)(C)C)cc1. The topological polar surface area (TPSA) is 90.6 Å². The molecule has 0 saturated carbocycles. The van der Waals surface area contributed by atoms with Crippen molar-refractivity contribution in [3.05, 3.63) is 89.5 Å². The molecule has 0 unspecified atom stereocenters. The number of carbonyl (C=O) groups is 1. The van der Waals surface area contributed by atoms with Gasteiger partial charge in [-0.1, -0.05) is 87.1 Å². The van der Waals surface area contributed by atoms with Gasteiger partial charge < -0.3 is 14.0 Å². The first-order chi connectivity index (χ1) is 19.3. The van der Waals surface area contributed by atoms with Crippen LogP contribution in [-0.4, -0.2) is 39.7 Å². The van der Waals surface area contributed by atoms with E-state index in [0.717, 1.165) is 22.5 Å². The third kappa shape index (κ3) is 7.51. The van der Waals surface area contributed by atoms with E-state index in [2.05, 4.69) is 65.8 Å². The monoisotopic (exact) mass is 557 g/mol. The van der Waals surface area contributed by atoms with E-state index in [1.807, 2.05) is 60.0 Å². The fourth-order valence-electron chi connectivity index (χ4n) is 3.98. The van der Waals surface area contributed by atoms with E-state index in [1.165, 1.54) is 17.3 Å².